The van der Waals surface area contributed by atoms with Gasteiger partial charge in [-0.1, -0.05) is 29.4 Å². The van der Waals surface area contributed by atoms with Crippen molar-refractivity contribution in [2.75, 3.05) is 0 Å². The Kier molecular flexibility index (Phi) is 5.86. The van der Waals surface area contributed by atoms with Crippen molar-refractivity contribution in [2.24, 2.45) is 0 Å². The van der Waals surface area contributed by atoms with Crippen LogP contribution in [-0.2, 0) is 12.1 Å². The molecule has 3 heterocycles. The first kappa shape index (κ1) is 21.1. The lowest BCUT2D eigenvalue weighted by molar-refractivity contribution is 0.0420. The summed E-state index contributed by atoms with van der Waals surface area (Å²) < 4.78 is 10.3. The predicted octanol–water partition coefficient (Wildman–Crippen LogP) is 3.10. The number of benzene rings is 1. The fourth-order valence-corrected chi connectivity index (χ4v) is 2.72. The summed E-state index contributed by atoms with van der Waals surface area (Å²) >= 11 is 0. The standard InChI is InChI=1S/C22H20N6O4/c1-22(2,30)20-27-18(28-32-20)15-7-5-6-14(10-15)11-26-21(29)31-16-12-24-19(25-13-16)17-8-3-4-9-23-17/h3-10,12-13,30H,11H2,1-2H3,(H,26,29). The molecule has 2 N–H and O–H groups in total. The van der Waals surface area contributed by atoms with Crippen LogP contribution in [0.4, 0.5) is 4.79 Å². The Morgan fingerprint density at radius 3 is 2.59 bits per heavy atom. The van der Waals surface area contributed by atoms with Crippen LogP contribution in [0.1, 0.15) is 25.3 Å². The van der Waals surface area contributed by atoms with Gasteiger partial charge in [0.2, 0.25) is 5.82 Å². The number of nitrogens with one attached hydrogen (secondary N) is 1. The highest BCUT2D eigenvalue weighted by atomic mass is 16.6. The molecule has 0 radical (unpaired) electrons. The minimum atomic E-state index is -1.23. The molecule has 0 saturated carbocycles. The number of hydrogen-bond acceptors (Lipinski definition) is 9. The third kappa shape index (κ3) is 5.10. The number of aromatic nitrogens is 5. The molecule has 10 nitrogen and oxygen atoms in total. The normalized spacial score (nSPS) is 11.2. The molecule has 0 aliphatic heterocycles. The molecule has 0 unspecified atom stereocenters. The minimum absolute atomic E-state index is 0.121. The van der Waals surface area contributed by atoms with Gasteiger partial charge in [0.25, 0.3) is 5.89 Å². The molecule has 0 spiro atoms. The Morgan fingerprint density at radius 1 is 1.09 bits per heavy atom. The smallest absolute Gasteiger partial charge is 0.407 e. The summed E-state index contributed by atoms with van der Waals surface area (Å²) in [5.41, 5.74) is 0.888. The fourth-order valence-electron chi connectivity index (χ4n) is 2.72. The van der Waals surface area contributed by atoms with Gasteiger partial charge in [0.05, 0.1) is 12.4 Å². The molecule has 1 aromatic carbocycles. The van der Waals surface area contributed by atoms with Gasteiger partial charge in [0, 0.05) is 18.3 Å². The number of pyridine rings is 1. The van der Waals surface area contributed by atoms with Crippen LogP contribution in [0.3, 0.4) is 0 Å². The molecule has 0 aliphatic rings. The predicted molar refractivity (Wildman–Crippen MR) is 113 cm³/mol. The number of aliphatic hydroxyl groups is 1. The number of nitrogens with zero attached hydrogens (tertiary/aromatic N) is 5. The lowest BCUT2D eigenvalue weighted by Gasteiger charge is -2.09. The highest BCUT2D eigenvalue weighted by molar-refractivity contribution is 5.70. The Balaban J connectivity index is 1.35. The maximum absolute atomic E-state index is 12.1. The van der Waals surface area contributed by atoms with Gasteiger partial charge in [-0.05, 0) is 37.6 Å². The van der Waals surface area contributed by atoms with Gasteiger partial charge in [0.15, 0.2) is 11.6 Å². The second kappa shape index (κ2) is 8.90. The molecule has 0 saturated heterocycles. The first-order valence-corrected chi connectivity index (χ1v) is 9.73. The minimum Gasteiger partial charge on any atom is -0.407 e. The van der Waals surface area contributed by atoms with Crippen molar-refractivity contribution in [2.45, 2.75) is 26.0 Å². The molecule has 10 heteroatoms. The molecular weight excluding hydrogens is 412 g/mol. The summed E-state index contributed by atoms with van der Waals surface area (Å²) in [6.07, 6.45) is 3.83. The van der Waals surface area contributed by atoms with E-state index in [2.05, 4.69) is 30.4 Å². The van der Waals surface area contributed by atoms with Crippen molar-refractivity contribution < 1.29 is 19.2 Å². The lowest BCUT2D eigenvalue weighted by Crippen LogP contribution is -2.26. The second-order valence-corrected chi connectivity index (χ2v) is 7.38. The van der Waals surface area contributed by atoms with E-state index in [1.807, 2.05) is 24.3 Å². The Hall–Kier alpha value is -4.18. The van der Waals surface area contributed by atoms with Crippen molar-refractivity contribution in [3.63, 3.8) is 0 Å². The quantitative estimate of drug-likeness (QED) is 0.471. The molecule has 162 valence electrons. The van der Waals surface area contributed by atoms with Gasteiger partial charge in [-0.2, -0.15) is 4.98 Å². The van der Waals surface area contributed by atoms with Crippen molar-refractivity contribution in [1.82, 2.24) is 30.4 Å². The van der Waals surface area contributed by atoms with Crippen molar-refractivity contribution in [1.29, 1.82) is 0 Å². The van der Waals surface area contributed by atoms with E-state index in [1.54, 1.807) is 38.2 Å². The van der Waals surface area contributed by atoms with Crippen LogP contribution in [0.25, 0.3) is 22.9 Å². The van der Waals surface area contributed by atoms with Crippen molar-refractivity contribution >= 4 is 6.09 Å². The number of carbonyl (C=O) groups excluding carboxylic acids is 1. The first-order valence-electron chi connectivity index (χ1n) is 9.73. The number of hydrogen-bond donors (Lipinski definition) is 2. The molecule has 1 amide bonds. The molecule has 0 bridgehead atoms. The SMILES string of the molecule is CC(C)(O)c1nc(-c2cccc(CNC(=O)Oc3cnc(-c4ccccn4)nc3)c2)no1. The van der Waals surface area contributed by atoms with Crippen molar-refractivity contribution in [3.8, 4) is 28.7 Å². The molecule has 0 fully saturated rings. The van der Waals surface area contributed by atoms with Gasteiger partial charge in [-0.15, -0.1) is 0 Å². The van der Waals surface area contributed by atoms with Gasteiger partial charge in [-0.3, -0.25) is 4.98 Å². The van der Waals surface area contributed by atoms with E-state index in [1.165, 1.54) is 12.4 Å². The van der Waals surface area contributed by atoms with Gasteiger partial charge in [0.1, 0.15) is 11.3 Å². The summed E-state index contributed by atoms with van der Waals surface area (Å²) in [5.74, 6) is 1.11. The van der Waals surface area contributed by atoms with E-state index < -0.39 is 11.7 Å². The fraction of sp³-hybridized carbons (Fsp3) is 0.182. The van der Waals surface area contributed by atoms with Gasteiger partial charge < -0.3 is 19.7 Å². The maximum atomic E-state index is 12.1. The van der Waals surface area contributed by atoms with E-state index >= 15 is 0 Å². The van der Waals surface area contributed by atoms with Crippen LogP contribution in [0.5, 0.6) is 5.75 Å². The van der Waals surface area contributed by atoms with Crippen molar-refractivity contribution in [3.05, 3.63) is 72.5 Å². The number of amides is 1. The zero-order chi connectivity index (χ0) is 22.6. The van der Waals surface area contributed by atoms with Gasteiger partial charge in [-0.25, -0.2) is 14.8 Å². The number of rotatable bonds is 6. The lowest BCUT2D eigenvalue weighted by atomic mass is 10.1. The highest BCUT2D eigenvalue weighted by Gasteiger charge is 2.24. The highest BCUT2D eigenvalue weighted by Crippen LogP contribution is 2.22. The summed E-state index contributed by atoms with van der Waals surface area (Å²) in [7, 11) is 0. The average molecular weight is 432 g/mol. The summed E-state index contributed by atoms with van der Waals surface area (Å²) in [6, 6.07) is 12.7. The summed E-state index contributed by atoms with van der Waals surface area (Å²) in [5, 5.41) is 16.5. The third-order valence-corrected chi connectivity index (χ3v) is 4.30. The van der Waals surface area contributed by atoms with E-state index in [0.717, 1.165) is 5.56 Å². The van der Waals surface area contributed by atoms with Crippen LogP contribution in [0.15, 0.2) is 65.6 Å². The van der Waals surface area contributed by atoms with E-state index in [9.17, 15) is 9.90 Å². The number of ether oxygens (including phenoxy) is 1. The van der Waals surface area contributed by atoms with E-state index in [0.29, 0.717) is 22.9 Å². The molecule has 0 aliphatic carbocycles. The molecule has 32 heavy (non-hydrogen) atoms. The number of carbonyl (C=O) groups is 1. The zero-order valence-electron chi connectivity index (χ0n) is 17.4. The molecular formula is C22H20N6O4. The Morgan fingerprint density at radius 2 is 1.91 bits per heavy atom. The molecule has 0 atom stereocenters. The van der Waals surface area contributed by atoms with Crippen LogP contribution < -0.4 is 10.1 Å². The van der Waals surface area contributed by atoms with E-state index in [-0.39, 0.29) is 18.2 Å². The first-order chi connectivity index (χ1) is 15.4. The van der Waals surface area contributed by atoms with Crippen LogP contribution in [0.2, 0.25) is 0 Å². The Labute approximate surface area is 183 Å². The topological polar surface area (TPSA) is 136 Å². The average Bonchev–Trinajstić information content (AvgIpc) is 3.30. The van der Waals surface area contributed by atoms with Crippen LogP contribution in [0, 0.1) is 0 Å². The zero-order valence-corrected chi connectivity index (χ0v) is 17.4. The Bertz CT molecular complexity index is 1200. The van der Waals surface area contributed by atoms with Gasteiger partial charge >= 0.3 is 6.09 Å². The third-order valence-electron chi connectivity index (χ3n) is 4.30. The van der Waals surface area contributed by atoms with E-state index in [4.69, 9.17) is 9.26 Å². The second-order valence-electron chi connectivity index (χ2n) is 7.38. The monoisotopic (exact) mass is 432 g/mol. The largest absolute Gasteiger partial charge is 0.412 e. The van der Waals surface area contributed by atoms with Crippen LogP contribution in [-0.4, -0.2) is 36.3 Å². The summed E-state index contributed by atoms with van der Waals surface area (Å²) in [4.78, 5) is 28.9. The summed E-state index contributed by atoms with van der Waals surface area (Å²) in [6.45, 7) is 3.34. The molecule has 4 rings (SSSR count). The molecule has 4 aromatic rings. The van der Waals surface area contributed by atoms with Crippen LogP contribution >= 0.6 is 0 Å². The maximum Gasteiger partial charge on any atom is 0.412 e. The molecule has 3 aromatic heterocycles.